The molecule has 0 fully saturated rings. The second-order valence-corrected chi connectivity index (χ2v) is 9.94. The number of carbonyl (C=O) groups is 2. The summed E-state index contributed by atoms with van der Waals surface area (Å²) in [5, 5.41) is 8.94. The van der Waals surface area contributed by atoms with Gasteiger partial charge < -0.3 is 15.4 Å². The summed E-state index contributed by atoms with van der Waals surface area (Å²) in [6.45, 7) is 0. The molecule has 0 aliphatic rings. The molecule has 0 aliphatic carbocycles. The van der Waals surface area contributed by atoms with Crippen LogP contribution in [0.15, 0.2) is 77.0 Å². The van der Waals surface area contributed by atoms with E-state index in [-0.39, 0.29) is 17.6 Å². The van der Waals surface area contributed by atoms with Crippen LogP contribution in [0.25, 0.3) is 11.3 Å². The number of hydrogen-bond acceptors (Lipinski definition) is 6. The Kier molecular flexibility index (Phi) is 8.30. The number of carbonyl (C=O) groups excluding carboxylic acids is 2. The maximum absolute atomic E-state index is 12.5. The molecular weight excluding hydrogens is 525 g/mol. The molecule has 1 aromatic heterocycles. The normalized spacial score (nSPS) is 10.6. The van der Waals surface area contributed by atoms with E-state index in [9.17, 15) is 9.59 Å². The number of nitrogens with zero attached hydrogens (tertiary/aromatic N) is 1. The van der Waals surface area contributed by atoms with E-state index in [1.807, 2.05) is 29.6 Å². The van der Waals surface area contributed by atoms with Gasteiger partial charge >= 0.3 is 0 Å². The minimum absolute atomic E-state index is 0.183. The number of nitrogens with one attached hydrogen (secondary N) is 2. The lowest BCUT2D eigenvalue weighted by molar-refractivity contribution is -0.113. The third-order valence-electron chi connectivity index (χ3n) is 4.78. The van der Waals surface area contributed by atoms with E-state index in [2.05, 4.69) is 15.6 Å². The lowest BCUT2D eigenvalue weighted by atomic mass is 10.2. The molecule has 4 rings (SSSR count). The third-order valence-corrected chi connectivity index (χ3v) is 7.27. The molecular formula is C25H19Cl2N3O3S2. The molecule has 0 saturated carbocycles. The molecule has 1 heterocycles. The molecule has 2 N–H and O–H groups in total. The van der Waals surface area contributed by atoms with Crippen LogP contribution in [0.4, 0.5) is 10.8 Å². The number of halogens is 2. The van der Waals surface area contributed by atoms with E-state index >= 15 is 0 Å². The van der Waals surface area contributed by atoms with E-state index < -0.39 is 0 Å². The average molecular weight is 544 g/mol. The van der Waals surface area contributed by atoms with E-state index in [1.54, 1.807) is 49.6 Å². The number of amides is 2. The Morgan fingerprint density at radius 3 is 2.54 bits per heavy atom. The van der Waals surface area contributed by atoms with Crippen molar-refractivity contribution >= 4 is 68.9 Å². The Hall–Kier alpha value is -3.04. The second-order valence-electron chi connectivity index (χ2n) is 7.21. The topological polar surface area (TPSA) is 80.3 Å². The van der Waals surface area contributed by atoms with Gasteiger partial charge in [-0.25, -0.2) is 4.98 Å². The van der Waals surface area contributed by atoms with Crippen molar-refractivity contribution in [3.8, 4) is 17.0 Å². The van der Waals surface area contributed by atoms with Gasteiger partial charge in [0.25, 0.3) is 5.91 Å². The fraction of sp³-hybridized carbons (Fsp3) is 0.0800. The summed E-state index contributed by atoms with van der Waals surface area (Å²) in [5.74, 6) is 0.464. The molecule has 178 valence electrons. The summed E-state index contributed by atoms with van der Waals surface area (Å²) in [6, 6.07) is 19.5. The molecule has 3 aromatic carbocycles. The Balaban J connectivity index is 1.31. The van der Waals surface area contributed by atoms with Gasteiger partial charge in [-0.2, -0.15) is 0 Å². The SMILES string of the molecule is COc1ccc(C(=O)Nc2cccc(SCC(=O)Nc3nc(-c4ccc(Cl)c(Cl)c4)cs3)c2)cc1. The standard InChI is InChI=1S/C25H19Cl2N3O3S2/c1-33-18-8-5-15(6-9-18)24(32)28-17-3-2-4-19(12-17)34-14-23(31)30-25-29-22(13-35-25)16-7-10-20(26)21(27)11-16/h2-13H,14H2,1H3,(H,28,32)(H,29,30,31). The highest BCUT2D eigenvalue weighted by Crippen LogP contribution is 2.30. The number of methoxy groups -OCH3 is 1. The van der Waals surface area contributed by atoms with Gasteiger partial charge in [0, 0.05) is 27.1 Å². The first-order valence-electron chi connectivity index (χ1n) is 10.3. The van der Waals surface area contributed by atoms with E-state index in [0.717, 1.165) is 10.5 Å². The summed E-state index contributed by atoms with van der Waals surface area (Å²) in [5.41, 5.74) is 2.69. The van der Waals surface area contributed by atoms with Crippen LogP contribution in [-0.2, 0) is 4.79 Å². The van der Waals surface area contributed by atoms with Crippen LogP contribution in [0.5, 0.6) is 5.75 Å². The number of benzene rings is 3. The Bertz CT molecular complexity index is 1360. The number of rotatable bonds is 8. The zero-order chi connectivity index (χ0) is 24.8. The Morgan fingerprint density at radius 2 is 1.80 bits per heavy atom. The molecule has 0 radical (unpaired) electrons. The highest BCUT2D eigenvalue weighted by atomic mass is 35.5. The van der Waals surface area contributed by atoms with E-state index in [0.29, 0.717) is 37.9 Å². The minimum atomic E-state index is -0.228. The average Bonchev–Trinajstić information content (AvgIpc) is 3.33. The van der Waals surface area contributed by atoms with Gasteiger partial charge in [-0.3, -0.25) is 9.59 Å². The molecule has 0 unspecified atom stereocenters. The number of thioether (sulfide) groups is 1. The first-order chi connectivity index (χ1) is 16.9. The fourth-order valence-corrected chi connectivity index (χ4v) is 4.82. The molecule has 2 amide bonds. The fourth-order valence-electron chi connectivity index (χ4n) is 3.03. The first-order valence-corrected chi connectivity index (χ1v) is 12.9. The summed E-state index contributed by atoms with van der Waals surface area (Å²) in [6.07, 6.45) is 0. The molecule has 0 atom stereocenters. The molecule has 0 aliphatic heterocycles. The Morgan fingerprint density at radius 1 is 1.00 bits per heavy atom. The van der Waals surface area contributed by atoms with Gasteiger partial charge in [0.15, 0.2) is 5.13 Å². The lowest BCUT2D eigenvalue weighted by Crippen LogP contribution is -2.14. The van der Waals surface area contributed by atoms with Crippen molar-refractivity contribution in [2.75, 3.05) is 23.5 Å². The highest BCUT2D eigenvalue weighted by molar-refractivity contribution is 8.00. The van der Waals surface area contributed by atoms with Crippen LogP contribution in [0.2, 0.25) is 10.0 Å². The summed E-state index contributed by atoms with van der Waals surface area (Å²) < 4.78 is 5.12. The maximum Gasteiger partial charge on any atom is 0.255 e. The highest BCUT2D eigenvalue weighted by Gasteiger charge is 2.11. The molecule has 35 heavy (non-hydrogen) atoms. The van der Waals surface area contributed by atoms with Crippen molar-refractivity contribution in [3.05, 3.63) is 87.7 Å². The zero-order valence-electron chi connectivity index (χ0n) is 18.4. The van der Waals surface area contributed by atoms with Gasteiger partial charge in [-0.05, 0) is 54.6 Å². The van der Waals surface area contributed by atoms with Gasteiger partial charge in [0.1, 0.15) is 5.75 Å². The predicted molar refractivity (Wildman–Crippen MR) is 144 cm³/mol. The van der Waals surface area contributed by atoms with Crippen molar-refractivity contribution in [1.29, 1.82) is 0 Å². The van der Waals surface area contributed by atoms with Crippen molar-refractivity contribution in [1.82, 2.24) is 4.98 Å². The van der Waals surface area contributed by atoms with Crippen LogP contribution < -0.4 is 15.4 Å². The number of hydrogen-bond donors (Lipinski definition) is 2. The van der Waals surface area contributed by atoms with Gasteiger partial charge in [0.05, 0.1) is 28.6 Å². The van der Waals surface area contributed by atoms with Crippen LogP contribution >= 0.6 is 46.3 Å². The van der Waals surface area contributed by atoms with Crippen molar-refractivity contribution < 1.29 is 14.3 Å². The van der Waals surface area contributed by atoms with Crippen LogP contribution in [0.1, 0.15) is 10.4 Å². The molecule has 0 bridgehead atoms. The number of thiazole rings is 1. The molecule has 4 aromatic rings. The van der Waals surface area contributed by atoms with Gasteiger partial charge in [-0.15, -0.1) is 23.1 Å². The maximum atomic E-state index is 12.5. The van der Waals surface area contributed by atoms with Crippen LogP contribution in [-0.4, -0.2) is 29.7 Å². The third kappa shape index (κ3) is 6.76. The van der Waals surface area contributed by atoms with Crippen LogP contribution in [0.3, 0.4) is 0 Å². The summed E-state index contributed by atoms with van der Waals surface area (Å²) >= 11 is 14.7. The van der Waals surface area contributed by atoms with Crippen molar-refractivity contribution in [3.63, 3.8) is 0 Å². The van der Waals surface area contributed by atoms with Crippen molar-refractivity contribution in [2.24, 2.45) is 0 Å². The van der Waals surface area contributed by atoms with Crippen molar-refractivity contribution in [2.45, 2.75) is 4.90 Å². The van der Waals surface area contributed by atoms with Crippen LogP contribution in [0, 0.1) is 0 Å². The van der Waals surface area contributed by atoms with Gasteiger partial charge in [0.2, 0.25) is 5.91 Å². The first kappa shape index (κ1) is 25.1. The Labute approximate surface area is 220 Å². The monoisotopic (exact) mass is 543 g/mol. The van der Waals surface area contributed by atoms with E-state index in [4.69, 9.17) is 27.9 Å². The summed E-state index contributed by atoms with van der Waals surface area (Å²) in [4.78, 5) is 30.2. The van der Waals surface area contributed by atoms with E-state index in [1.165, 1.54) is 23.1 Å². The molecule has 0 saturated heterocycles. The quantitative estimate of drug-likeness (QED) is 0.231. The number of anilines is 2. The second kappa shape index (κ2) is 11.6. The molecule has 6 nitrogen and oxygen atoms in total. The largest absolute Gasteiger partial charge is 0.497 e. The molecule has 0 spiro atoms. The smallest absolute Gasteiger partial charge is 0.255 e. The lowest BCUT2D eigenvalue weighted by Gasteiger charge is -2.08. The number of ether oxygens (including phenoxy) is 1. The zero-order valence-corrected chi connectivity index (χ0v) is 21.5. The number of aromatic nitrogens is 1. The summed E-state index contributed by atoms with van der Waals surface area (Å²) in [7, 11) is 1.57. The predicted octanol–water partition coefficient (Wildman–Crippen LogP) is 7.11. The molecule has 10 heteroatoms. The van der Waals surface area contributed by atoms with Gasteiger partial charge in [-0.1, -0.05) is 35.3 Å². The minimum Gasteiger partial charge on any atom is -0.497 e.